The van der Waals surface area contributed by atoms with E-state index in [0.717, 1.165) is 44.9 Å². The fourth-order valence-electron chi connectivity index (χ4n) is 13.7. The number of carbonyl (C=O) groups is 2. The van der Waals surface area contributed by atoms with Gasteiger partial charge >= 0.3 is 11.9 Å². The fraction of sp³-hybridized carbons (Fsp3) is 0.950. The Labute approximate surface area is 308 Å². The van der Waals surface area contributed by atoms with Crippen molar-refractivity contribution in [2.45, 2.75) is 181 Å². The van der Waals surface area contributed by atoms with Crippen molar-refractivity contribution in [1.29, 1.82) is 0 Å². The molecule has 0 amide bonds. The minimum absolute atomic E-state index is 0.00590. The normalized spacial score (nSPS) is 48.2. The predicted molar refractivity (Wildman–Crippen MR) is 188 cm³/mol. The van der Waals surface area contributed by atoms with Gasteiger partial charge in [-0.25, -0.2) is 0 Å². The molecular formula is C40H66O12. The second-order valence-electron chi connectivity index (χ2n) is 19.5. The van der Waals surface area contributed by atoms with Gasteiger partial charge in [0.15, 0.2) is 6.29 Å². The maximum absolute atomic E-state index is 12.3. The molecule has 12 nitrogen and oxygen atoms in total. The van der Waals surface area contributed by atoms with Crippen molar-refractivity contribution in [2.24, 2.45) is 50.7 Å². The van der Waals surface area contributed by atoms with Crippen LogP contribution in [-0.2, 0) is 28.5 Å². The predicted octanol–water partition coefficient (Wildman–Crippen LogP) is 3.24. The highest BCUT2D eigenvalue weighted by Crippen LogP contribution is 2.91. The van der Waals surface area contributed by atoms with Gasteiger partial charge in [-0.05, 0) is 112 Å². The van der Waals surface area contributed by atoms with Gasteiger partial charge in [-0.1, -0.05) is 34.6 Å². The molecule has 6 rings (SSSR count). The summed E-state index contributed by atoms with van der Waals surface area (Å²) in [5, 5.41) is 65.2. The molecule has 1 aliphatic heterocycles. The summed E-state index contributed by atoms with van der Waals surface area (Å²) in [6.07, 6.45) is -2.40. The second-order valence-corrected chi connectivity index (χ2v) is 19.5. The lowest BCUT2D eigenvalue weighted by Crippen LogP contribution is -2.68. The Bertz CT molecular complexity index is 1360. The molecule has 52 heavy (non-hydrogen) atoms. The number of ether oxygens (including phenoxy) is 4. The van der Waals surface area contributed by atoms with E-state index in [9.17, 15) is 40.2 Å². The van der Waals surface area contributed by atoms with Crippen molar-refractivity contribution < 1.29 is 59.2 Å². The molecule has 1 saturated heterocycles. The number of fused-ring (bicyclic) bond motifs is 3. The molecule has 5 aliphatic carbocycles. The summed E-state index contributed by atoms with van der Waals surface area (Å²) in [7, 11) is 0. The van der Waals surface area contributed by atoms with Crippen molar-refractivity contribution in [3.63, 3.8) is 0 Å². The Balaban J connectivity index is 1.36. The van der Waals surface area contributed by atoms with Crippen molar-refractivity contribution >= 4 is 11.9 Å². The van der Waals surface area contributed by atoms with E-state index in [4.69, 9.17) is 18.9 Å². The number of hydrogen-bond donors (Lipinski definition) is 6. The molecule has 0 aromatic carbocycles. The lowest BCUT2D eigenvalue weighted by atomic mass is 9.37. The molecule has 6 fully saturated rings. The number of rotatable bonds is 10. The standard InChI is InChI=1S/C40H66O12/c1-20(16-24(43)33(47)36(6,7)48)23-10-15-40-19-39(23,40)14-11-26-37(8)13-12-28(50-22(3)42)35(4,5)27(37)17-29(38(26,40)9)52-34-32(46)31(45)30(44)25(51-34)18-49-21(2)41/h20,23-34,43-48H,10-19H2,1-9H3/t20-,23-,24?,25+,26+,27-,28+,29+,30+,31-,32+,33?,34-,37+,38-,39+,40+/m0/s1. The molecule has 0 bridgehead atoms. The van der Waals surface area contributed by atoms with Crippen LogP contribution in [0.1, 0.15) is 120 Å². The zero-order chi connectivity index (χ0) is 38.6. The molecular weight excluding hydrogens is 672 g/mol. The molecule has 2 unspecified atom stereocenters. The van der Waals surface area contributed by atoms with E-state index >= 15 is 0 Å². The fourth-order valence-corrected chi connectivity index (χ4v) is 13.7. The van der Waals surface area contributed by atoms with Gasteiger partial charge in [-0.15, -0.1) is 0 Å². The molecule has 0 radical (unpaired) electrons. The van der Waals surface area contributed by atoms with Gasteiger partial charge in [-0.2, -0.15) is 0 Å². The highest BCUT2D eigenvalue weighted by atomic mass is 16.7. The summed E-state index contributed by atoms with van der Waals surface area (Å²) < 4.78 is 24.3. The summed E-state index contributed by atoms with van der Waals surface area (Å²) in [5.74, 6) is -0.142. The molecule has 1 heterocycles. The summed E-state index contributed by atoms with van der Waals surface area (Å²) in [5.41, 5.74) is -2.38. The monoisotopic (exact) mass is 738 g/mol. The molecule has 6 aliphatic rings. The smallest absolute Gasteiger partial charge is 0.302 e. The van der Waals surface area contributed by atoms with Crippen molar-refractivity contribution in [3.05, 3.63) is 0 Å². The number of aliphatic hydroxyl groups is 6. The average molecular weight is 739 g/mol. The van der Waals surface area contributed by atoms with E-state index in [-0.39, 0.29) is 63.5 Å². The number of carbonyl (C=O) groups excluding carboxylic acids is 2. The van der Waals surface area contributed by atoms with Crippen LogP contribution < -0.4 is 0 Å². The van der Waals surface area contributed by atoms with Gasteiger partial charge in [0.05, 0.1) is 17.8 Å². The van der Waals surface area contributed by atoms with Crippen LogP contribution in [0.4, 0.5) is 0 Å². The first-order valence-corrected chi connectivity index (χ1v) is 19.7. The van der Waals surface area contributed by atoms with E-state index in [2.05, 4.69) is 34.6 Å². The summed E-state index contributed by atoms with van der Waals surface area (Å²) in [6.45, 7) is 16.7. The van der Waals surface area contributed by atoms with Gasteiger partial charge < -0.3 is 49.6 Å². The molecule has 17 atom stereocenters. The molecule has 12 heteroatoms. The quantitative estimate of drug-likeness (QED) is 0.142. The molecule has 5 saturated carbocycles. The Hall–Kier alpha value is -1.38. The van der Waals surface area contributed by atoms with Gasteiger partial charge in [0.2, 0.25) is 0 Å². The molecule has 6 N–H and O–H groups in total. The summed E-state index contributed by atoms with van der Waals surface area (Å²) >= 11 is 0. The van der Waals surface area contributed by atoms with Crippen LogP contribution in [0.25, 0.3) is 0 Å². The zero-order valence-corrected chi connectivity index (χ0v) is 32.7. The van der Waals surface area contributed by atoms with Gasteiger partial charge in [0.25, 0.3) is 0 Å². The Morgan fingerprint density at radius 3 is 2.17 bits per heavy atom. The first kappa shape index (κ1) is 40.3. The molecule has 0 aromatic heterocycles. The Kier molecular flexibility index (Phi) is 10.4. The van der Waals surface area contributed by atoms with Crippen molar-refractivity contribution in [3.8, 4) is 0 Å². The van der Waals surface area contributed by atoms with Crippen LogP contribution in [0.15, 0.2) is 0 Å². The third-order valence-corrected chi connectivity index (χ3v) is 16.2. The first-order chi connectivity index (χ1) is 24.0. The van der Waals surface area contributed by atoms with E-state index in [1.807, 2.05) is 0 Å². The molecule has 0 aromatic rings. The largest absolute Gasteiger partial charge is 0.463 e. The third kappa shape index (κ3) is 5.99. The summed E-state index contributed by atoms with van der Waals surface area (Å²) in [6, 6.07) is 0. The van der Waals surface area contributed by atoms with Crippen molar-refractivity contribution in [2.75, 3.05) is 6.61 Å². The average Bonchev–Trinajstić information content (AvgIpc) is 3.61. The van der Waals surface area contributed by atoms with Crippen LogP contribution in [0, 0.1) is 50.7 Å². The maximum Gasteiger partial charge on any atom is 0.302 e. The van der Waals surface area contributed by atoms with Crippen molar-refractivity contribution in [1.82, 2.24) is 0 Å². The van der Waals surface area contributed by atoms with Crippen LogP contribution in [-0.4, -0.2) is 110 Å². The highest BCUT2D eigenvalue weighted by Gasteiger charge is 2.85. The van der Waals surface area contributed by atoms with Crippen LogP contribution in [0.5, 0.6) is 0 Å². The zero-order valence-electron chi connectivity index (χ0n) is 32.7. The van der Waals surface area contributed by atoms with Gasteiger partial charge in [0, 0.05) is 24.7 Å². The van der Waals surface area contributed by atoms with Crippen LogP contribution in [0.3, 0.4) is 0 Å². The SMILES string of the molecule is CC(=O)OC[C@H]1O[C@@H](O[C@@H]2C[C@H]3C(C)(C)[C@H](OC(C)=O)CC[C@]3(C)[C@H]3CC[C@]45C[C@]4(CC[C@H]5[C@@H](C)CC(O)C(O)C(C)(C)O)[C@@]32C)[C@H](O)[C@@H](O)[C@@H]1O. The van der Waals surface area contributed by atoms with Crippen LogP contribution in [0.2, 0.25) is 0 Å². The third-order valence-electron chi connectivity index (χ3n) is 16.2. The minimum Gasteiger partial charge on any atom is -0.463 e. The second kappa shape index (κ2) is 13.4. The van der Waals surface area contributed by atoms with Crippen LogP contribution >= 0.6 is 0 Å². The summed E-state index contributed by atoms with van der Waals surface area (Å²) in [4.78, 5) is 23.9. The molecule has 0 spiro atoms. The first-order valence-electron chi connectivity index (χ1n) is 19.7. The van der Waals surface area contributed by atoms with Gasteiger partial charge in [-0.3, -0.25) is 9.59 Å². The Morgan fingerprint density at radius 2 is 1.56 bits per heavy atom. The number of hydrogen-bond acceptors (Lipinski definition) is 12. The molecule has 298 valence electrons. The Morgan fingerprint density at radius 1 is 0.885 bits per heavy atom. The lowest BCUT2D eigenvalue weighted by Gasteiger charge is -2.69. The topological polar surface area (TPSA) is 192 Å². The number of esters is 2. The van der Waals surface area contributed by atoms with E-state index < -0.39 is 60.6 Å². The van der Waals surface area contributed by atoms with E-state index in [0.29, 0.717) is 18.8 Å². The van der Waals surface area contributed by atoms with E-state index in [1.54, 1.807) is 0 Å². The van der Waals surface area contributed by atoms with E-state index in [1.165, 1.54) is 27.7 Å². The van der Waals surface area contributed by atoms with Gasteiger partial charge in [0.1, 0.15) is 43.2 Å². The maximum atomic E-state index is 12.3. The lowest BCUT2D eigenvalue weighted by molar-refractivity contribution is -0.344. The number of aliphatic hydroxyl groups excluding tert-OH is 5. The highest BCUT2D eigenvalue weighted by molar-refractivity contribution is 5.66. The minimum atomic E-state index is -1.58.